The average molecular weight is 370 g/mol. The van der Waals surface area contributed by atoms with E-state index in [0.717, 1.165) is 29.4 Å². The summed E-state index contributed by atoms with van der Waals surface area (Å²) in [7, 11) is 0. The summed E-state index contributed by atoms with van der Waals surface area (Å²) >= 11 is 0. The molecule has 2 aromatic heterocycles. The van der Waals surface area contributed by atoms with Gasteiger partial charge in [0, 0.05) is 24.0 Å². The van der Waals surface area contributed by atoms with Crippen molar-refractivity contribution in [2.24, 2.45) is 0 Å². The first-order valence-corrected chi connectivity index (χ1v) is 9.92. The van der Waals surface area contributed by atoms with Crippen molar-refractivity contribution in [1.29, 1.82) is 0 Å². The SMILES string of the molecule is CC(C)(CCC(C)(C)c1ccnc2ccccc12)c1ccc2nccnc2c1. The number of hydrogen-bond donors (Lipinski definition) is 0. The molecule has 4 aromatic rings. The Morgan fingerprint density at radius 3 is 2.14 bits per heavy atom. The number of rotatable bonds is 5. The normalized spacial score (nSPS) is 12.6. The highest BCUT2D eigenvalue weighted by molar-refractivity contribution is 5.82. The van der Waals surface area contributed by atoms with Crippen molar-refractivity contribution in [3.05, 3.63) is 78.2 Å². The van der Waals surface area contributed by atoms with Crippen molar-refractivity contribution in [2.45, 2.75) is 51.4 Å². The fourth-order valence-electron chi connectivity index (χ4n) is 3.97. The minimum absolute atomic E-state index is 0.0613. The number of benzene rings is 2. The number of para-hydroxylation sites is 1. The van der Waals surface area contributed by atoms with Crippen LogP contribution >= 0.6 is 0 Å². The maximum atomic E-state index is 4.53. The van der Waals surface area contributed by atoms with E-state index >= 15 is 0 Å². The lowest BCUT2D eigenvalue weighted by atomic mass is 9.72. The second-order valence-electron chi connectivity index (χ2n) is 8.90. The van der Waals surface area contributed by atoms with E-state index in [2.05, 4.69) is 91.2 Å². The average Bonchev–Trinajstić information content (AvgIpc) is 2.71. The third kappa shape index (κ3) is 3.49. The van der Waals surface area contributed by atoms with E-state index < -0.39 is 0 Å². The van der Waals surface area contributed by atoms with Crippen LogP contribution < -0.4 is 0 Å². The van der Waals surface area contributed by atoms with Crippen LogP contribution in [0.25, 0.3) is 21.9 Å². The van der Waals surface area contributed by atoms with Crippen LogP contribution in [0.3, 0.4) is 0 Å². The van der Waals surface area contributed by atoms with Crippen LogP contribution in [0.5, 0.6) is 0 Å². The predicted molar refractivity (Wildman–Crippen MR) is 117 cm³/mol. The van der Waals surface area contributed by atoms with Gasteiger partial charge in [-0.3, -0.25) is 15.0 Å². The fourth-order valence-corrected chi connectivity index (χ4v) is 3.97. The van der Waals surface area contributed by atoms with E-state index in [0.29, 0.717) is 0 Å². The first-order valence-electron chi connectivity index (χ1n) is 9.92. The zero-order chi connectivity index (χ0) is 19.8. The highest BCUT2D eigenvalue weighted by Crippen LogP contribution is 2.38. The molecule has 3 nitrogen and oxygen atoms in total. The lowest BCUT2D eigenvalue weighted by Crippen LogP contribution is -2.24. The Bertz CT molecular complexity index is 1120. The first kappa shape index (κ1) is 18.5. The molecule has 0 fully saturated rings. The molecule has 0 amide bonds. The van der Waals surface area contributed by atoms with Gasteiger partial charge in [0.25, 0.3) is 0 Å². The second-order valence-corrected chi connectivity index (χ2v) is 8.90. The first-order chi connectivity index (χ1) is 13.4. The van der Waals surface area contributed by atoms with Gasteiger partial charge in [-0.1, -0.05) is 52.0 Å². The van der Waals surface area contributed by atoms with Gasteiger partial charge in [-0.25, -0.2) is 0 Å². The summed E-state index contributed by atoms with van der Waals surface area (Å²) in [6, 6.07) is 17.1. The molecule has 2 aromatic carbocycles. The molecule has 0 bridgehead atoms. The predicted octanol–water partition coefficient (Wildman–Crippen LogP) is 6.21. The summed E-state index contributed by atoms with van der Waals surface area (Å²) in [6.07, 6.45) is 7.62. The maximum absolute atomic E-state index is 4.53. The molecule has 0 aliphatic rings. The molecule has 142 valence electrons. The Hall–Kier alpha value is -2.81. The van der Waals surface area contributed by atoms with Gasteiger partial charge in [-0.05, 0) is 59.1 Å². The minimum Gasteiger partial charge on any atom is -0.256 e. The van der Waals surface area contributed by atoms with Crippen molar-refractivity contribution in [3.63, 3.8) is 0 Å². The number of nitrogens with zero attached hydrogens (tertiary/aromatic N) is 3. The fraction of sp³-hybridized carbons (Fsp3) is 0.320. The Morgan fingerprint density at radius 2 is 1.32 bits per heavy atom. The highest BCUT2D eigenvalue weighted by Gasteiger charge is 2.28. The van der Waals surface area contributed by atoms with Gasteiger partial charge < -0.3 is 0 Å². The smallest absolute Gasteiger partial charge is 0.0889 e. The number of aromatic nitrogens is 3. The van der Waals surface area contributed by atoms with Crippen molar-refractivity contribution in [2.75, 3.05) is 0 Å². The molecule has 0 aliphatic carbocycles. The zero-order valence-corrected chi connectivity index (χ0v) is 17.1. The Kier molecular flexibility index (Phi) is 4.62. The van der Waals surface area contributed by atoms with Crippen molar-refractivity contribution >= 4 is 21.9 Å². The summed E-state index contributed by atoms with van der Waals surface area (Å²) in [6.45, 7) is 9.34. The van der Waals surface area contributed by atoms with Crippen LogP contribution in [0, 0.1) is 0 Å². The quantitative estimate of drug-likeness (QED) is 0.419. The monoisotopic (exact) mass is 369 g/mol. The van der Waals surface area contributed by atoms with E-state index in [9.17, 15) is 0 Å². The molecule has 28 heavy (non-hydrogen) atoms. The van der Waals surface area contributed by atoms with Crippen LogP contribution in [-0.4, -0.2) is 15.0 Å². The lowest BCUT2D eigenvalue weighted by molar-refractivity contribution is 0.376. The lowest BCUT2D eigenvalue weighted by Gasteiger charge is -2.32. The van der Waals surface area contributed by atoms with E-state index in [1.165, 1.54) is 16.5 Å². The molecular weight excluding hydrogens is 342 g/mol. The molecule has 0 saturated carbocycles. The molecule has 0 spiro atoms. The summed E-state index contributed by atoms with van der Waals surface area (Å²) < 4.78 is 0. The van der Waals surface area contributed by atoms with E-state index in [4.69, 9.17) is 0 Å². The molecular formula is C25H27N3. The van der Waals surface area contributed by atoms with Crippen molar-refractivity contribution in [1.82, 2.24) is 15.0 Å². The second kappa shape index (κ2) is 6.97. The molecule has 0 atom stereocenters. The van der Waals surface area contributed by atoms with Crippen LogP contribution in [0.2, 0.25) is 0 Å². The van der Waals surface area contributed by atoms with Crippen LogP contribution in [0.1, 0.15) is 51.7 Å². The molecule has 3 heteroatoms. The van der Waals surface area contributed by atoms with Crippen LogP contribution in [0.15, 0.2) is 67.1 Å². The molecule has 0 radical (unpaired) electrons. The Balaban J connectivity index is 1.60. The summed E-state index contributed by atoms with van der Waals surface area (Å²) in [5, 5.41) is 1.26. The van der Waals surface area contributed by atoms with E-state index in [-0.39, 0.29) is 10.8 Å². The van der Waals surface area contributed by atoms with Gasteiger partial charge >= 0.3 is 0 Å². The van der Waals surface area contributed by atoms with Gasteiger partial charge in [-0.15, -0.1) is 0 Å². The topological polar surface area (TPSA) is 38.7 Å². The van der Waals surface area contributed by atoms with Gasteiger partial charge in [-0.2, -0.15) is 0 Å². The maximum Gasteiger partial charge on any atom is 0.0889 e. The minimum atomic E-state index is 0.0613. The third-order valence-electron chi connectivity index (χ3n) is 6.00. The van der Waals surface area contributed by atoms with Crippen LogP contribution in [0.4, 0.5) is 0 Å². The summed E-state index contributed by atoms with van der Waals surface area (Å²) in [5.41, 5.74) is 5.80. The van der Waals surface area contributed by atoms with Gasteiger partial charge in [0.1, 0.15) is 0 Å². The Morgan fingerprint density at radius 1 is 0.643 bits per heavy atom. The molecule has 0 unspecified atom stereocenters. The summed E-state index contributed by atoms with van der Waals surface area (Å²) in [5.74, 6) is 0. The van der Waals surface area contributed by atoms with Crippen LogP contribution in [-0.2, 0) is 10.8 Å². The number of pyridine rings is 1. The van der Waals surface area contributed by atoms with Gasteiger partial charge in [0.2, 0.25) is 0 Å². The van der Waals surface area contributed by atoms with Gasteiger partial charge in [0.05, 0.1) is 16.6 Å². The van der Waals surface area contributed by atoms with E-state index in [1.807, 2.05) is 6.20 Å². The summed E-state index contributed by atoms with van der Waals surface area (Å²) in [4.78, 5) is 13.4. The number of hydrogen-bond acceptors (Lipinski definition) is 3. The largest absolute Gasteiger partial charge is 0.256 e. The van der Waals surface area contributed by atoms with E-state index in [1.54, 1.807) is 12.4 Å². The van der Waals surface area contributed by atoms with Crippen molar-refractivity contribution < 1.29 is 0 Å². The molecule has 0 saturated heterocycles. The molecule has 2 heterocycles. The molecule has 4 rings (SSSR count). The molecule has 0 aliphatic heterocycles. The van der Waals surface area contributed by atoms with Crippen molar-refractivity contribution in [3.8, 4) is 0 Å². The third-order valence-corrected chi connectivity index (χ3v) is 6.00. The Labute approximate surface area is 166 Å². The highest BCUT2D eigenvalue weighted by atomic mass is 14.8. The standard InChI is InChI=1S/C25H27N3/c1-24(2,18-9-10-22-23(17-18)28-16-15-27-22)12-13-25(3,4)20-11-14-26-21-8-6-5-7-19(20)21/h5-11,14-17H,12-13H2,1-4H3. The molecule has 0 N–H and O–H groups in total. The number of fused-ring (bicyclic) bond motifs is 2. The zero-order valence-electron chi connectivity index (χ0n) is 17.1. The van der Waals surface area contributed by atoms with Gasteiger partial charge in [0.15, 0.2) is 0 Å².